The Labute approximate surface area is 211 Å². The van der Waals surface area contributed by atoms with Crippen LogP contribution >= 0.6 is 11.3 Å². The van der Waals surface area contributed by atoms with Gasteiger partial charge in [0.15, 0.2) is 0 Å². The Morgan fingerprint density at radius 1 is 1.06 bits per heavy atom. The maximum absolute atomic E-state index is 13.1. The highest BCUT2D eigenvalue weighted by Crippen LogP contribution is 2.31. The summed E-state index contributed by atoms with van der Waals surface area (Å²) in [6.07, 6.45) is 1.42. The number of fused-ring (bicyclic) bond motifs is 1. The van der Waals surface area contributed by atoms with Crippen LogP contribution in [0.15, 0.2) is 65.7 Å². The Hall–Kier alpha value is -4.24. The van der Waals surface area contributed by atoms with Crippen molar-refractivity contribution in [1.29, 1.82) is 0 Å². The number of benzene rings is 2. The normalized spacial score (nSPS) is 11.1. The minimum absolute atomic E-state index is 0.147. The molecule has 3 aromatic heterocycles. The van der Waals surface area contributed by atoms with E-state index in [0.717, 1.165) is 33.1 Å². The molecule has 36 heavy (non-hydrogen) atoms. The fraction of sp³-hybridized carbons (Fsp3) is 0.185. The highest BCUT2D eigenvalue weighted by molar-refractivity contribution is 7.22. The van der Waals surface area contributed by atoms with Gasteiger partial charge in [0, 0.05) is 4.88 Å². The first kappa shape index (κ1) is 23.5. The third-order valence-electron chi connectivity index (χ3n) is 6.03. The number of hydrogen-bond donors (Lipinski definition) is 1. The zero-order valence-electron chi connectivity index (χ0n) is 20.4. The zero-order chi connectivity index (χ0) is 25.4. The van der Waals surface area contributed by atoms with Crippen molar-refractivity contribution in [3.05, 3.63) is 88.2 Å². The molecular formula is C27H25N5O3S. The number of carbonyl (C=O) groups excluding carboxylic acids is 1. The summed E-state index contributed by atoms with van der Waals surface area (Å²) in [7, 11) is 1.62. The Bertz CT molecular complexity index is 1630. The summed E-state index contributed by atoms with van der Waals surface area (Å²) < 4.78 is 8.86. The summed E-state index contributed by atoms with van der Waals surface area (Å²) in [5.41, 5.74) is 5.56. The molecule has 0 saturated carbocycles. The summed E-state index contributed by atoms with van der Waals surface area (Å²) >= 11 is 1.36. The van der Waals surface area contributed by atoms with Gasteiger partial charge in [0.2, 0.25) is 5.91 Å². The monoisotopic (exact) mass is 499 g/mol. The predicted octanol–water partition coefficient (Wildman–Crippen LogP) is 4.88. The van der Waals surface area contributed by atoms with E-state index >= 15 is 0 Å². The number of ether oxygens (including phenoxy) is 1. The number of hydrogen-bond acceptors (Lipinski definition) is 6. The molecule has 0 aliphatic rings. The molecule has 1 amide bonds. The summed E-state index contributed by atoms with van der Waals surface area (Å²) in [6.45, 7) is 5.63. The first-order valence-corrected chi connectivity index (χ1v) is 12.2. The molecule has 0 fully saturated rings. The zero-order valence-corrected chi connectivity index (χ0v) is 21.2. The number of methoxy groups -OCH3 is 1. The Balaban J connectivity index is 1.37. The molecule has 0 unspecified atom stereocenters. The van der Waals surface area contributed by atoms with Crippen molar-refractivity contribution in [2.24, 2.45) is 0 Å². The van der Waals surface area contributed by atoms with Crippen LogP contribution < -0.4 is 15.6 Å². The van der Waals surface area contributed by atoms with Gasteiger partial charge in [0.05, 0.1) is 41.7 Å². The van der Waals surface area contributed by atoms with Gasteiger partial charge in [0.1, 0.15) is 17.0 Å². The number of nitrogens with zero attached hydrogens (tertiary/aromatic N) is 4. The molecule has 182 valence electrons. The van der Waals surface area contributed by atoms with E-state index in [2.05, 4.69) is 15.4 Å². The van der Waals surface area contributed by atoms with E-state index in [1.54, 1.807) is 11.8 Å². The van der Waals surface area contributed by atoms with Gasteiger partial charge >= 0.3 is 0 Å². The summed E-state index contributed by atoms with van der Waals surface area (Å²) in [5.74, 6) is 0.445. The molecule has 1 N–H and O–H groups in total. The fourth-order valence-electron chi connectivity index (χ4n) is 4.05. The van der Waals surface area contributed by atoms with E-state index in [4.69, 9.17) is 4.74 Å². The van der Waals surface area contributed by atoms with Crippen LogP contribution in [0, 0.1) is 20.8 Å². The van der Waals surface area contributed by atoms with Crippen molar-refractivity contribution < 1.29 is 9.53 Å². The summed E-state index contributed by atoms with van der Waals surface area (Å²) in [5, 5.41) is 7.51. The molecule has 0 saturated heterocycles. The number of aryl methyl sites for hydroxylation is 2. The van der Waals surface area contributed by atoms with Gasteiger partial charge in [-0.15, -0.1) is 11.3 Å². The lowest BCUT2D eigenvalue weighted by Gasteiger charge is -2.08. The van der Waals surface area contributed by atoms with Crippen molar-refractivity contribution in [2.75, 3.05) is 12.4 Å². The molecule has 3 heterocycles. The number of nitrogens with one attached hydrogen (secondary N) is 1. The maximum Gasteiger partial charge on any atom is 0.271 e. The Kier molecular flexibility index (Phi) is 6.15. The third-order valence-corrected chi connectivity index (χ3v) is 7.19. The molecule has 0 spiro atoms. The van der Waals surface area contributed by atoms with E-state index in [1.165, 1.54) is 22.2 Å². The first-order chi connectivity index (χ1) is 17.3. The summed E-state index contributed by atoms with van der Waals surface area (Å²) in [4.78, 5) is 31.4. The van der Waals surface area contributed by atoms with Gasteiger partial charge < -0.3 is 10.1 Å². The predicted molar refractivity (Wildman–Crippen MR) is 142 cm³/mol. The van der Waals surface area contributed by atoms with Crippen LogP contribution in [0.4, 0.5) is 5.69 Å². The van der Waals surface area contributed by atoms with Gasteiger partial charge in [-0.25, -0.2) is 9.67 Å². The largest absolute Gasteiger partial charge is 0.497 e. The molecule has 0 radical (unpaired) electrons. The van der Waals surface area contributed by atoms with Crippen LogP contribution in [0.2, 0.25) is 0 Å². The van der Waals surface area contributed by atoms with E-state index in [-0.39, 0.29) is 18.0 Å². The molecule has 9 heteroatoms. The van der Waals surface area contributed by atoms with Crippen molar-refractivity contribution in [3.63, 3.8) is 0 Å². The van der Waals surface area contributed by atoms with Crippen LogP contribution in [0.5, 0.6) is 5.75 Å². The number of amides is 1. The summed E-state index contributed by atoms with van der Waals surface area (Å²) in [6, 6.07) is 17.5. The number of carbonyl (C=O) groups is 1. The lowest BCUT2D eigenvalue weighted by molar-refractivity contribution is -0.116. The molecule has 5 rings (SSSR count). The minimum Gasteiger partial charge on any atom is -0.497 e. The van der Waals surface area contributed by atoms with Gasteiger partial charge in [-0.1, -0.05) is 17.7 Å². The third kappa shape index (κ3) is 4.40. The molecule has 0 bridgehead atoms. The van der Waals surface area contributed by atoms with Crippen molar-refractivity contribution >= 4 is 33.1 Å². The van der Waals surface area contributed by atoms with Gasteiger partial charge in [0.25, 0.3) is 5.56 Å². The van der Waals surface area contributed by atoms with Crippen LogP contribution in [-0.2, 0) is 11.3 Å². The first-order valence-electron chi connectivity index (χ1n) is 11.4. The van der Waals surface area contributed by atoms with Crippen molar-refractivity contribution in [2.45, 2.75) is 27.3 Å². The molecule has 2 aromatic carbocycles. The minimum atomic E-state index is -0.320. The number of aromatic nitrogens is 4. The topological polar surface area (TPSA) is 91.0 Å². The SMILES string of the molecule is COc1ccc(-c2cc3ncn(CC(=O)Nc4c(C)nn(-c5ccc(C)cc5)c4C)c(=O)c3s2)cc1. The van der Waals surface area contributed by atoms with E-state index < -0.39 is 0 Å². The fourth-order valence-corrected chi connectivity index (χ4v) is 5.12. The quantitative estimate of drug-likeness (QED) is 0.359. The second-order valence-corrected chi connectivity index (χ2v) is 9.62. The molecular weight excluding hydrogens is 474 g/mol. The Morgan fingerprint density at radius 3 is 2.47 bits per heavy atom. The number of thiophene rings is 1. The molecule has 0 aliphatic heterocycles. The van der Waals surface area contributed by atoms with Gasteiger partial charge in [-0.2, -0.15) is 5.10 Å². The van der Waals surface area contributed by atoms with Gasteiger partial charge in [-0.05, 0) is 68.8 Å². The van der Waals surface area contributed by atoms with E-state index in [1.807, 2.05) is 75.4 Å². The lowest BCUT2D eigenvalue weighted by atomic mass is 10.2. The lowest BCUT2D eigenvalue weighted by Crippen LogP contribution is -2.27. The van der Waals surface area contributed by atoms with Crippen LogP contribution in [0.3, 0.4) is 0 Å². The van der Waals surface area contributed by atoms with E-state index in [0.29, 0.717) is 21.6 Å². The number of anilines is 1. The number of rotatable bonds is 6. The van der Waals surface area contributed by atoms with Gasteiger partial charge in [-0.3, -0.25) is 14.2 Å². The highest BCUT2D eigenvalue weighted by Gasteiger charge is 2.17. The molecule has 0 atom stereocenters. The van der Waals surface area contributed by atoms with Crippen LogP contribution in [0.1, 0.15) is 17.0 Å². The molecule has 0 aliphatic carbocycles. The smallest absolute Gasteiger partial charge is 0.271 e. The standard InChI is InChI=1S/C27H25N5O3S/c1-16-5-9-20(10-6-16)32-18(3)25(17(2)30-32)29-24(33)14-31-15-28-22-13-23(36-26(22)27(31)34)19-7-11-21(35-4)12-8-19/h5-13,15H,14H2,1-4H3,(H,29,33). The van der Waals surface area contributed by atoms with Crippen molar-refractivity contribution in [3.8, 4) is 21.9 Å². The second-order valence-electron chi connectivity index (χ2n) is 8.57. The van der Waals surface area contributed by atoms with Crippen LogP contribution in [0.25, 0.3) is 26.3 Å². The average Bonchev–Trinajstić information content (AvgIpc) is 3.44. The average molecular weight is 500 g/mol. The second kappa shape index (κ2) is 9.43. The Morgan fingerprint density at radius 2 is 1.78 bits per heavy atom. The highest BCUT2D eigenvalue weighted by atomic mass is 32.1. The van der Waals surface area contributed by atoms with Crippen molar-refractivity contribution in [1.82, 2.24) is 19.3 Å². The van der Waals surface area contributed by atoms with E-state index in [9.17, 15) is 9.59 Å². The maximum atomic E-state index is 13.1. The molecule has 5 aromatic rings. The van der Waals surface area contributed by atoms with Crippen LogP contribution in [-0.4, -0.2) is 32.3 Å². The molecule has 8 nitrogen and oxygen atoms in total.